The average Bonchev–Trinajstić information content (AvgIpc) is 2.39. The molecule has 2 rings (SSSR count). The number of nitro groups is 1. The summed E-state index contributed by atoms with van der Waals surface area (Å²) in [6.45, 7) is 1.95. The number of carbonyl (C=O) groups is 1. The molecule has 1 aliphatic heterocycles. The van der Waals surface area contributed by atoms with Crippen LogP contribution in [0.3, 0.4) is 0 Å². The van der Waals surface area contributed by atoms with Crippen LogP contribution in [0, 0.1) is 16.0 Å². The van der Waals surface area contributed by atoms with E-state index in [4.69, 9.17) is 5.73 Å². The molecular weight excluding hydrogens is 248 g/mol. The standard InChI is InChI=1S/C12H14N4O3/c1-2-7-6-11(17)14-15-12(7)8-3-4-9(13)10(5-8)16(18)19/h3-5,7H,2,6,13H2,1H3,(H,14,17). The quantitative estimate of drug-likeness (QED) is 0.487. The first-order chi connectivity index (χ1) is 9.02. The second kappa shape index (κ2) is 5.05. The van der Waals surface area contributed by atoms with Crippen LogP contribution in [0.4, 0.5) is 11.4 Å². The van der Waals surface area contributed by atoms with Crippen LogP contribution in [-0.2, 0) is 4.79 Å². The van der Waals surface area contributed by atoms with Gasteiger partial charge in [-0.2, -0.15) is 5.10 Å². The molecule has 1 aliphatic rings. The zero-order valence-electron chi connectivity index (χ0n) is 10.4. The van der Waals surface area contributed by atoms with Gasteiger partial charge in [0.2, 0.25) is 5.91 Å². The normalized spacial score (nSPS) is 18.7. The van der Waals surface area contributed by atoms with Crippen molar-refractivity contribution in [3.63, 3.8) is 0 Å². The molecule has 7 heteroatoms. The first-order valence-electron chi connectivity index (χ1n) is 5.93. The molecule has 0 bridgehead atoms. The van der Waals surface area contributed by atoms with E-state index >= 15 is 0 Å². The number of nitrogen functional groups attached to an aromatic ring is 1. The zero-order valence-corrected chi connectivity index (χ0v) is 10.4. The summed E-state index contributed by atoms with van der Waals surface area (Å²) in [5, 5.41) is 14.9. The number of nitrogens with two attached hydrogens (primary N) is 1. The number of hydrogen-bond acceptors (Lipinski definition) is 5. The van der Waals surface area contributed by atoms with Gasteiger partial charge in [-0.05, 0) is 12.5 Å². The molecule has 7 nitrogen and oxygen atoms in total. The van der Waals surface area contributed by atoms with Crippen LogP contribution in [0.5, 0.6) is 0 Å². The number of nitro benzene ring substituents is 1. The van der Waals surface area contributed by atoms with Crippen molar-refractivity contribution in [2.45, 2.75) is 19.8 Å². The summed E-state index contributed by atoms with van der Waals surface area (Å²) >= 11 is 0. The fraction of sp³-hybridized carbons (Fsp3) is 0.333. The Hall–Kier alpha value is -2.44. The third-order valence-electron chi connectivity index (χ3n) is 3.14. The van der Waals surface area contributed by atoms with Crippen molar-refractivity contribution in [3.05, 3.63) is 33.9 Å². The Morgan fingerprint density at radius 2 is 2.32 bits per heavy atom. The van der Waals surface area contributed by atoms with Crippen molar-refractivity contribution < 1.29 is 9.72 Å². The summed E-state index contributed by atoms with van der Waals surface area (Å²) in [6.07, 6.45) is 1.08. The molecule has 0 saturated carbocycles. The molecule has 1 amide bonds. The Morgan fingerprint density at radius 3 is 2.95 bits per heavy atom. The molecule has 19 heavy (non-hydrogen) atoms. The van der Waals surface area contributed by atoms with E-state index in [1.807, 2.05) is 6.92 Å². The summed E-state index contributed by atoms with van der Waals surface area (Å²) in [5.41, 5.74) is 9.21. The number of nitrogens with zero attached hydrogens (tertiary/aromatic N) is 2. The molecule has 0 fully saturated rings. The molecule has 1 aromatic rings. The minimum Gasteiger partial charge on any atom is -0.393 e. The Morgan fingerprint density at radius 1 is 1.58 bits per heavy atom. The first-order valence-corrected chi connectivity index (χ1v) is 5.93. The summed E-state index contributed by atoms with van der Waals surface area (Å²) in [4.78, 5) is 21.6. The van der Waals surface area contributed by atoms with Crippen LogP contribution in [0.25, 0.3) is 0 Å². The monoisotopic (exact) mass is 262 g/mol. The first kappa shape index (κ1) is 13.0. The molecule has 1 atom stereocenters. The van der Waals surface area contributed by atoms with Crippen LogP contribution in [-0.4, -0.2) is 16.5 Å². The summed E-state index contributed by atoms with van der Waals surface area (Å²) < 4.78 is 0. The van der Waals surface area contributed by atoms with Gasteiger partial charge in [-0.3, -0.25) is 14.9 Å². The van der Waals surface area contributed by atoms with Crippen molar-refractivity contribution in [2.24, 2.45) is 11.0 Å². The molecule has 0 radical (unpaired) electrons. The topological polar surface area (TPSA) is 111 Å². The Balaban J connectivity index is 2.43. The van der Waals surface area contributed by atoms with Crippen LogP contribution >= 0.6 is 0 Å². The van der Waals surface area contributed by atoms with Crippen molar-refractivity contribution >= 4 is 23.0 Å². The minimum absolute atomic E-state index is 0.0306. The largest absolute Gasteiger partial charge is 0.393 e. The highest BCUT2D eigenvalue weighted by Crippen LogP contribution is 2.26. The lowest BCUT2D eigenvalue weighted by atomic mass is 9.90. The van der Waals surface area contributed by atoms with E-state index in [9.17, 15) is 14.9 Å². The fourth-order valence-corrected chi connectivity index (χ4v) is 2.08. The van der Waals surface area contributed by atoms with Gasteiger partial charge in [-0.1, -0.05) is 13.0 Å². The molecule has 0 aromatic heterocycles. The summed E-state index contributed by atoms with van der Waals surface area (Å²) in [7, 11) is 0. The van der Waals surface area contributed by atoms with Gasteiger partial charge in [-0.15, -0.1) is 0 Å². The third-order valence-corrected chi connectivity index (χ3v) is 3.14. The van der Waals surface area contributed by atoms with Crippen LogP contribution < -0.4 is 11.2 Å². The lowest BCUT2D eigenvalue weighted by Gasteiger charge is -2.21. The summed E-state index contributed by atoms with van der Waals surface area (Å²) in [6, 6.07) is 4.56. The highest BCUT2D eigenvalue weighted by atomic mass is 16.6. The maximum absolute atomic E-state index is 11.3. The highest BCUT2D eigenvalue weighted by molar-refractivity contribution is 6.06. The zero-order chi connectivity index (χ0) is 14.0. The lowest BCUT2D eigenvalue weighted by molar-refractivity contribution is -0.383. The van der Waals surface area contributed by atoms with Gasteiger partial charge < -0.3 is 5.73 Å². The molecule has 1 aromatic carbocycles. The number of nitrogens with one attached hydrogen (secondary N) is 1. The van der Waals surface area contributed by atoms with E-state index in [-0.39, 0.29) is 23.2 Å². The predicted molar refractivity (Wildman–Crippen MR) is 70.6 cm³/mol. The number of hydrogen-bond donors (Lipinski definition) is 2. The van der Waals surface area contributed by atoms with E-state index in [0.29, 0.717) is 17.7 Å². The molecular formula is C12H14N4O3. The fourth-order valence-electron chi connectivity index (χ4n) is 2.08. The van der Waals surface area contributed by atoms with Crippen molar-refractivity contribution in [1.29, 1.82) is 0 Å². The molecule has 100 valence electrons. The Bertz CT molecular complexity index is 568. The number of carbonyl (C=O) groups excluding carboxylic acids is 1. The number of amides is 1. The van der Waals surface area contributed by atoms with Gasteiger partial charge >= 0.3 is 0 Å². The van der Waals surface area contributed by atoms with Crippen molar-refractivity contribution in [3.8, 4) is 0 Å². The third kappa shape index (κ3) is 2.54. The van der Waals surface area contributed by atoms with Crippen LogP contribution in [0.1, 0.15) is 25.3 Å². The Kier molecular flexibility index (Phi) is 3.46. The number of anilines is 1. The van der Waals surface area contributed by atoms with E-state index in [1.165, 1.54) is 12.1 Å². The predicted octanol–water partition coefficient (Wildman–Crippen LogP) is 1.43. The molecule has 3 N–H and O–H groups in total. The smallest absolute Gasteiger partial charge is 0.292 e. The molecule has 0 spiro atoms. The summed E-state index contributed by atoms with van der Waals surface area (Å²) in [5.74, 6) is -0.169. The van der Waals surface area contributed by atoms with Crippen LogP contribution in [0.15, 0.2) is 23.3 Å². The molecule has 1 heterocycles. The van der Waals surface area contributed by atoms with Gasteiger partial charge in [0, 0.05) is 24.0 Å². The average molecular weight is 262 g/mol. The second-order valence-corrected chi connectivity index (χ2v) is 4.37. The van der Waals surface area contributed by atoms with E-state index in [0.717, 1.165) is 6.42 Å². The van der Waals surface area contributed by atoms with Gasteiger partial charge in [-0.25, -0.2) is 5.43 Å². The maximum Gasteiger partial charge on any atom is 0.292 e. The van der Waals surface area contributed by atoms with Gasteiger partial charge in [0.15, 0.2) is 0 Å². The maximum atomic E-state index is 11.3. The minimum atomic E-state index is -0.526. The number of benzene rings is 1. The van der Waals surface area contributed by atoms with E-state index in [2.05, 4.69) is 10.5 Å². The molecule has 0 saturated heterocycles. The lowest BCUT2D eigenvalue weighted by Crippen LogP contribution is -2.33. The SMILES string of the molecule is CCC1CC(=O)NN=C1c1ccc(N)c([N+](=O)[O-])c1. The van der Waals surface area contributed by atoms with Gasteiger partial charge in [0.1, 0.15) is 5.69 Å². The van der Waals surface area contributed by atoms with Gasteiger partial charge in [0.05, 0.1) is 10.6 Å². The molecule has 1 unspecified atom stereocenters. The van der Waals surface area contributed by atoms with Crippen molar-refractivity contribution in [1.82, 2.24) is 5.43 Å². The number of hydrazone groups is 1. The Labute approximate surface area is 109 Å². The van der Waals surface area contributed by atoms with Crippen LogP contribution in [0.2, 0.25) is 0 Å². The van der Waals surface area contributed by atoms with Crippen molar-refractivity contribution in [2.75, 3.05) is 5.73 Å². The van der Waals surface area contributed by atoms with Gasteiger partial charge in [0.25, 0.3) is 5.69 Å². The number of rotatable bonds is 3. The second-order valence-electron chi connectivity index (χ2n) is 4.37. The van der Waals surface area contributed by atoms with E-state index in [1.54, 1.807) is 6.07 Å². The van der Waals surface area contributed by atoms with E-state index < -0.39 is 4.92 Å². The highest BCUT2D eigenvalue weighted by Gasteiger charge is 2.25. The molecule has 0 aliphatic carbocycles.